The zero-order valence-electron chi connectivity index (χ0n) is 12.2. The molecule has 21 heavy (non-hydrogen) atoms. The lowest BCUT2D eigenvalue weighted by atomic mass is 10.00. The Hall–Kier alpha value is -2.08. The summed E-state index contributed by atoms with van der Waals surface area (Å²) in [6.07, 6.45) is -0.807. The largest absolute Gasteiger partial charge is 0.481 e. The van der Waals surface area contributed by atoms with Crippen LogP contribution in [0.3, 0.4) is 0 Å². The highest BCUT2D eigenvalue weighted by Crippen LogP contribution is 2.09. The second kappa shape index (κ2) is 8.97. The first-order valence-corrected chi connectivity index (χ1v) is 6.71. The number of alkyl carbamates (subject to hydrolysis) is 1. The molecule has 0 aliphatic carbocycles. The summed E-state index contributed by atoms with van der Waals surface area (Å²) in [6, 6.07) is 8.73. The van der Waals surface area contributed by atoms with E-state index >= 15 is 0 Å². The monoisotopic (exact) mass is 295 g/mol. The molecule has 0 spiro atoms. The average Bonchev–Trinajstić information content (AvgIpc) is 2.45. The number of carbonyl (C=O) groups is 2. The van der Waals surface area contributed by atoms with Crippen molar-refractivity contribution in [3.63, 3.8) is 0 Å². The highest BCUT2D eigenvalue weighted by Gasteiger charge is 2.23. The van der Waals surface area contributed by atoms with Gasteiger partial charge < -0.3 is 19.9 Å². The van der Waals surface area contributed by atoms with Crippen LogP contribution in [0.2, 0.25) is 0 Å². The molecule has 0 heterocycles. The predicted molar refractivity (Wildman–Crippen MR) is 76.8 cm³/mol. The number of methoxy groups -OCH3 is 1. The molecule has 0 saturated heterocycles. The molecular weight excluding hydrogens is 274 g/mol. The highest BCUT2D eigenvalue weighted by molar-refractivity contribution is 5.71. The molecule has 1 aromatic rings. The van der Waals surface area contributed by atoms with Gasteiger partial charge in [-0.1, -0.05) is 37.3 Å². The van der Waals surface area contributed by atoms with E-state index in [2.05, 4.69) is 5.32 Å². The van der Waals surface area contributed by atoms with Crippen molar-refractivity contribution in [3.8, 4) is 0 Å². The Labute approximate surface area is 124 Å². The highest BCUT2D eigenvalue weighted by atomic mass is 16.5. The molecule has 2 atom stereocenters. The fourth-order valence-electron chi connectivity index (χ4n) is 1.88. The molecule has 0 aliphatic heterocycles. The number of carboxylic acid groups (broad SMARTS) is 1. The van der Waals surface area contributed by atoms with Crippen LogP contribution in [0.25, 0.3) is 0 Å². The molecule has 6 nitrogen and oxygen atoms in total. The van der Waals surface area contributed by atoms with E-state index < -0.39 is 18.1 Å². The standard InChI is InChI=1S/C15H21NO5/c1-11(9-20-2)13(8-14(17)18)16-15(19)21-10-12-6-4-3-5-7-12/h3-7,11,13H,8-10H2,1-2H3,(H,16,19)(H,17,18)/t11?,13-/m1/s1. The first-order valence-electron chi connectivity index (χ1n) is 6.71. The molecule has 2 N–H and O–H groups in total. The number of ether oxygens (including phenoxy) is 2. The van der Waals surface area contributed by atoms with Crippen LogP contribution in [0.1, 0.15) is 18.9 Å². The van der Waals surface area contributed by atoms with Crippen molar-refractivity contribution in [1.82, 2.24) is 5.32 Å². The normalized spacial score (nSPS) is 13.2. The average molecular weight is 295 g/mol. The summed E-state index contributed by atoms with van der Waals surface area (Å²) in [5, 5.41) is 11.5. The quantitative estimate of drug-likeness (QED) is 0.766. The van der Waals surface area contributed by atoms with E-state index in [0.717, 1.165) is 5.56 Å². The number of amides is 1. The Kier molecular flexibility index (Phi) is 7.25. The van der Waals surface area contributed by atoms with Crippen LogP contribution >= 0.6 is 0 Å². The van der Waals surface area contributed by atoms with Gasteiger partial charge in [-0.3, -0.25) is 4.79 Å². The Morgan fingerprint density at radius 1 is 1.29 bits per heavy atom. The molecule has 0 saturated carbocycles. The Morgan fingerprint density at radius 3 is 2.52 bits per heavy atom. The van der Waals surface area contributed by atoms with E-state index in [9.17, 15) is 9.59 Å². The molecule has 1 aromatic carbocycles. The van der Waals surface area contributed by atoms with Crippen LogP contribution in [0.15, 0.2) is 30.3 Å². The smallest absolute Gasteiger partial charge is 0.407 e. The van der Waals surface area contributed by atoms with Crippen molar-refractivity contribution in [2.24, 2.45) is 5.92 Å². The maximum atomic E-state index is 11.7. The van der Waals surface area contributed by atoms with Gasteiger partial charge in [0.15, 0.2) is 0 Å². The summed E-state index contributed by atoms with van der Waals surface area (Å²) < 4.78 is 10.1. The Balaban J connectivity index is 2.49. The van der Waals surface area contributed by atoms with Gasteiger partial charge in [0.25, 0.3) is 0 Å². The minimum Gasteiger partial charge on any atom is -0.481 e. The van der Waals surface area contributed by atoms with Gasteiger partial charge in [0.1, 0.15) is 6.61 Å². The molecule has 1 rings (SSSR count). The van der Waals surface area contributed by atoms with Crippen molar-refractivity contribution >= 4 is 12.1 Å². The Morgan fingerprint density at radius 2 is 1.95 bits per heavy atom. The van der Waals surface area contributed by atoms with E-state index in [1.165, 1.54) is 7.11 Å². The van der Waals surface area contributed by atoms with E-state index in [1.54, 1.807) is 0 Å². The lowest BCUT2D eigenvalue weighted by Gasteiger charge is -2.22. The van der Waals surface area contributed by atoms with Gasteiger partial charge in [0.2, 0.25) is 0 Å². The molecular formula is C15H21NO5. The van der Waals surface area contributed by atoms with Crippen molar-refractivity contribution < 1.29 is 24.2 Å². The maximum Gasteiger partial charge on any atom is 0.407 e. The third kappa shape index (κ3) is 6.76. The fourth-order valence-corrected chi connectivity index (χ4v) is 1.88. The van der Waals surface area contributed by atoms with Gasteiger partial charge >= 0.3 is 12.1 Å². The predicted octanol–water partition coefficient (Wildman–Crippen LogP) is 2.04. The van der Waals surface area contributed by atoms with Gasteiger partial charge in [0, 0.05) is 19.1 Å². The van der Waals surface area contributed by atoms with Crippen LogP contribution in [-0.4, -0.2) is 36.9 Å². The second-order valence-corrected chi connectivity index (χ2v) is 4.84. The van der Waals surface area contributed by atoms with Gasteiger partial charge in [-0.25, -0.2) is 4.79 Å². The minimum absolute atomic E-state index is 0.129. The molecule has 0 fully saturated rings. The van der Waals surface area contributed by atoms with Crippen LogP contribution in [0.5, 0.6) is 0 Å². The SMILES string of the molecule is COCC(C)[C@@H](CC(=O)O)NC(=O)OCc1ccccc1. The summed E-state index contributed by atoms with van der Waals surface area (Å²) in [7, 11) is 1.53. The minimum atomic E-state index is -0.980. The number of hydrogen-bond donors (Lipinski definition) is 2. The molecule has 0 bridgehead atoms. The van der Waals surface area contributed by atoms with E-state index in [-0.39, 0.29) is 18.9 Å². The number of carbonyl (C=O) groups excluding carboxylic acids is 1. The molecule has 0 radical (unpaired) electrons. The zero-order chi connectivity index (χ0) is 15.7. The molecule has 0 aliphatic rings. The molecule has 116 valence electrons. The number of carboxylic acids is 1. The van der Waals surface area contributed by atoms with E-state index in [0.29, 0.717) is 6.61 Å². The first kappa shape index (κ1) is 17.0. The van der Waals surface area contributed by atoms with Gasteiger partial charge in [-0.05, 0) is 5.56 Å². The van der Waals surface area contributed by atoms with Gasteiger partial charge in [0.05, 0.1) is 13.0 Å². The van der Waals surface area contributed by atoms with Crippen LogP contribution in [-0.2, 0) is 20.9 Å². The number of benzene rings is 1. The van der Waals surface area contributed by atoms with Crippen LogP contribution in [0, 0.1) is 5.92 Å². The first-order chi connectivity index (χ1) is 10.0. The molecule has 1 unspecified atom stereocenters. The van der Waals surface area contributed by atoms with Crippen LogP contribution in [0.4, 0.5) is 4.79 Å². The summed E-state index contributed by atoms with van der Waals surface area (Å²) in [6.45, 7) is 2.32. The van der Waals surface area contributed by atoms with Crippen molar-refractivity contribution in [3.05, 3.63) is 35.9 Å². The number of rotatable bonds is 8. The van der Waals surface area contributed by atoms with Gasteiger partial charge in [-0.2, -0.15) is 0 Å². The molecule has 6 heteroatoms. The van der Waals surface area contributed by atoms with Crippen LogP contribution < -0.4 is 5.32 Å². The molecule has 1 amide bonds. The van der Waals surface area contributed by atoms with Crippen molar-refractivity contribution in [1.29, 1.82) is 0 Å². The summed E-state index contributed by atoms with van der Waals surface area (Å²) in [5.74, 6) is -1.11. The Bertz CT molecular complexity index is 449. The van der Waals surface area contributed by atoms with Crippen molar-refractivity contribution in [2.75, 3.05) is 13.7 Å². The lowest BCUT2D eigenvalue weighted by Crippen LogP contribution is -2.42. The number of aliphatic carboxylic acids is 1. The third-order valence-electron chi connectivity index (χ3n) is 3.03. The van der Waals surface area contributed by atoms with E-state index in [1.807, 2.05) is 37.3 Å². The lowest BCUT2D eigenvalue weighted by molar-refractivity contribution is -0.137. The van der Waals surface area contributed by atoms with E-state index in [4.69, 9.17) is 14.6 Å². The van der Waals surface area contributed by atoms with Crippen molar-refractivity contribution in [2.45, 2.75) is 26.0 Å². The number of nitrogens with one attached hydrogen (secondary N) is 1. The zero-order valence-corrected chi connectivity index (χ0v) is 12.2. The van der Waals surface area contributed by atoms with Gasteiger partial charge in [-0.15, -0.1) is 0 Å². The second-order valence-electron chi connectivity index (χ2n) is 4.84. The number of hydrogen-bond acceptors (Lipinski definition) is 4. The third-order valence-corrected chi connectivity index (χ3v) is 3.03. The molecule has 0 aromatic heterocycles. The topological polar surface area (TPSA) is 84.9 Å². The summed E-state index contributed by atoms with van der Waals surface area (Å²) >= 11 is 0. The summed E-state index contributed by atoms with van der Waals surface area (Å²) in [5.41, 5.74) is 0.868. The summed E-state index contributed by atoms with van der Waals surface area (Å²) in [4.78, 5) is 22.6. The maximum absolute atomic E-state index is 11.7. The fraction of sp³-hybridized carbons (Fsp3) is 0.467.